The van der Waals surface area contributed by atoms with E-state index >= 15 is 33.6 Å². The first kappa shape index (κ1) is 116. The summed E-state index contributed by atoms with van der Waals surface area (Å²) in [5.74, 6) is -12.4. The molecule has 145 heavy (non-hydrogen) atoms. The van der Waals surface area contributed by atoms with E-state index < -0.39 is 279 Å². The van der Waals surface area contributed by atoms with Crippen molar-refractivity contribution in [3.8, 4) is 0 Å². The van der Waals surface area contributed by atoms with Crippen LogP contribution in [0.3, 0.4) is 0 Å². The largest absolute Gasteiger partial charge is 0.368 e. The van der Waals surface area contributed by atoms with Crippen LogP contribution in [0, 0.1) is 56.5 Å². The van der Waals surface area contributed by atoms with E-state index in [4.69, 9.17) is 10.9 Å². The van der Waals surface area contributed by atoms with Crippen molar-refractivity contribution in [2.45, 2.75) is 117 Å². The Labute approximate surface area is 834 Å². The van der Waals surface area contributed by atoms with Crippen LogP contribution >= 0.6 is 15.2 Å². The number of hydrogen-bond donors (Lipinski definition) is 8. The molecular formula is C94H119N19O29P2S. The lowest BCUT2D eigenvalue weighted by Crippen LogP contribution is -2.53. The molecule has 48 nitrogen and oxygen atoms in total. The smallest absolute Gasteiger partial charge is 0.325 e. The van der Waals surface area contributed by atoms with E-state index in [1.165, 1.54) is 106 Å². The number of amides is 11. The zero-order chi connectivity index (χ0) is 107. The molecule has 0 aliphatic heterocycles. The van der Waals surface area contributed by atoms with Gasteiger partial charge in [-0.15, -0.1) is 0 Å². The van der Waals surface area contributed by atoms with E-state index in [1.807, 2.05) is 0 Å². The average molecular weight is 2070 g/mol. The average Bonchev–Trinajstić information content (AvgIpc) is 1.29. The lowest BCUT2D eigenvalue weighted by Gasteiger charge is -2.36. The quantitative estimate of drug-likeness (QED) is 0.00790. The lowest BCUT2D eigenvalue weighted by molar-refractivity contribution is -0.385. The molecule has 1 heterocycles. The molecule has 0 saturated carbocycles. The first-order valence-electron chi connectivity index (χ1n) is 46.0. The first-order chi connectivity index (χ1) is 68.2. The van der Waals surface area contributed by atoms with E-state index in [0.717, 1.165) is 85.4 Å². The number of nitrogens with zero attached hydrogens (tertiary/aromatic N) is 15. The normalized spacial score (nSPS) is 12.6. The van der Waals surface area contributed by atoms with Gasteiger partial charge in [-0.05, 0) is 124 Å². The standard InChI is InChI=1S/C94H119N19O29P2S/c1-64(2)40-45-101(57-88(118)104(48-51-145(96,141)142)60-92(122)105(54-84(95)114)66(4)72-22-32-78(33-23-72)110(127)128)86(116)56-100(44-15-50-144(138,139)140)90(120)63-108(69(7)75-28-38-81(39-29-75)113(133)134)94(124)59-103(47-42-76-52-98-83-19-12-11-18-82(76)83)87(117)55-99(43-13-14-49-143(135,136)137)89(119)62-107(68(6)74-26-36-80(37-27-74)112(131)132)93(123)58-102(46-41-70-16-9-8-10-17-70)91(121)61-106(67(5)73-24-34-79(35-25-73)111(129)130)85(115)53-97-65(3)71-20-30-77(31-21-71)109(125)126/h8-12,16-39,52,64-69,97-98H,13-15,40-51,53-63H2,1-7H3,(H2,95,114)(H2,96,141,142)(H2,135,136,137)(H2,138,139,140)/t65-,66-,67-,68-,69-/m0/s1. The number of hydrogen-bond acceptors (Lipinski definition) is 26. The summed E-state index contributed by atoms with van der Waals surface area (Å²) in [7, 11) is -14.2. The van der Waals surface area contributed by atoms with Gasteiger partial charge in [0, 0.05) is 129 Å². The van der Waals surface area contributed by atoms with Gasteiger partial charge in [-0.2, -0.15) is 0 Å². The molecular weight excluding hydrogens is 1950 g/mol. The predicted octanol–water partition coefficient (Wildman–Crippen LogP) is 7.52. The van der Waals surface area contributed by atoms with Crippen molar-refractivity contribution in [2.75, 3.05) is 129 Å². The Kier molecular flexibility index (Phi) is 42.8. The molecule has 0 spiro atoms. The van der Waals surface area contributed by atoms with Crippen molar-refractivity contribution in [1.82, 2.24) is 59.3 Å². The number of nitro groups is 5. The zero-order valence-corrected chi connectivity index (χ0v) is 83.4. The SMILES string of the molecule is CC(C)CCN(CC(=O)N(CCS(N)(=O)=O)CC(=O)N(CC(N)=O)[C@@H](C)c1ccc([N+](=O)[O-])cc1)C(=O)CN(CCCP(=O)(O)O)C(=O)CN(C(=O)CN(CCc1c[nH]c2ccccc12)C(=O)CN(CCCCP(=O)(O)O)C(=O)CN(C(=O)CN(CCc1ccccc1)C(=O)CN(C(=O)CN[C@@H](C)c1ccc([N+](=O)[O-])cc1)[C@@H](C)c1ccc([N+](=O)[O-])cc1)[C@@H](C)c1ccc([N+](=O)[O-])cc1)[C@@H](C)c1ccc([N+](=O)[O-])cc1. The van der Waals surface area contributed by atoms with Crippen molar-refractivity contribution in [2.24, 2.45) is 16.8 Å². The molecule has 0 unspecified atom stereocenters. The summed E-state index contributed by atoms with van der Waals surface area (Å²) in [6.45, 7) is -2.17. The number of nitrogens with one attached hydrogen (secondary N) is 2. The second-order valence-electron chi connectivity index (χ2n) is 35.2. The molecule has 780 valence electrons. The molecule has 0 fully saturated rings. The Bertz CT molecular complexity index is 6160. The number of fused-ring (bicyclic) bond motifs is 1. The van der Waals surface area contributed by atoms with Gasteiger partial charge in [-0.25, -0.2) is 13.6 Å². The van der Waals surface area contributed by atoms with Gasteiger partial charge in [0.15, 0.2) is 0 Å². The van der Waals surface area contributed by atoms with Crippen LogP contribution in [0.2, 0.25) is 0 Å². The monoisotopic (exact) mass is 2070 g/mol. The number of para-hydroxylation sites is 1. The Balaban J connectivity index is 1.18. The lowest BCUT2D eigenvalue weighted by atomic mass is 10.1. The molecule has 8 rings (SSSR count). The van der Waals surface area contributed by atoms with Crippen molar-refractivity contribution in [3.05, 3.63) is 272 Å². The van der Waals surface area contributed by atoms with Crippen LogP contribution < -0.4 is 16.2 Å². The summed E-state index contributed by atoms with van der Waals surface area (Å²) in [6.07, 6.45) is -1.04. The number of aromatic amines is 1. The number of unbranched alkanes of at least 4 members (excludes halogenated alkanes) is 1. The van der Waals surface area contributed by atoms with Gasteiger partial charge in [0.25, 0.3) is 28.4 Å². The van der Waals surface area contributed by atoms with Gasteiger partial charge >= 0.3 is 15.2 Å². The Morgan fingerprint density at radius 3 is 1.05 bits per heavy atom. The zero-order valence-electron chi connectivity index (χ0n) is 80.8. The van der Waals surface area contributed by atoms with Gasteiger partial charge in [0.2, 0.25) is 75.0 Å². The fraction of sp³-hybridized carbons (Fsp3) is 0.415. The van der Waals surface area contributed by atoms with Crippen LogP contribution in [0.25, 0.3) is 10.9 Å². The number of primary amides is 1. The summed E-state index contributed by atoms with van der Waals surface area (Å²) < 4.78 is 50.2. The summed E-state index contributed by atoms with van der Waals surface area (Å²) in [5.41, 5.74) is 7.15. The molecule has 0 saturated heterocycles. The van der Waals surface area contributed by atoms with Gasteiger partial charge in [-0.1, -0.05) is 123 Å². The van der Waals surface area contributed by atoms with Gasteiger partial charge in [0.1, 0.15) is 19.6 Å². The molecule has 11 amide bonds. The van der Waals surface area contributed by atoms with Gasteiger partial charge in [0.05, 0.1) is 113 Å². The van der Waals surface area contributed by atoms with Crippen molar-refractivity contribution in [1.29, 1.82) is 0 Å². The molecule has 1 aromatic heterocycles. The second kappa shape index (κ2) is 53.7. The van der Waals surface area contributed by atoms with Crippen LogP contribution in [-0.4, -0.2) is 301 Å². The van der Waals surface area contributed by atoms with E-state index in [9.17, 15) is 107 Å². The number of nitro benzene ring substituents is 5. The minimum absolute atomic E-state index is 0.0570. The highest BCUT2D eigenvalue weighted by atomic mass is 32.2. The van der Waals surface area contributed by atoms with Crippen molar-refractivity contribution >= 4 is 130 Å². The molecule has 51 heteroatoms. The highest BCUT2D eigenvalue weighted by molar-refractivity contribution is 7.89. The Hall–Kier alpha value is -14.6. The Morgan fingerprint density at radius 2 is 0.683 bits per heavy atom. The van der Waals surface area contributed by atoms with E-state index in [-0.39, 0.29) is 84.9 Å². The van der Waals surface area contributed by atoms with Crippen molar-refractivity contribution in [3.63, 3.8) is 0 Å². The molecule has 10 N–H and O–H groups in total. The summed E-state index contributed by atoms with van der Waals surface area (Å²) in [6, 6.07) is 35.2. The van der Waals surface area contributed by atoms with Crippen LogP contribution in [-0.2, 0) is 84.7 Å². The highest BCUT2D eigenvalue weighted by Gasteiger charge is 2.38. The molecule has 0 bridgehead atoms. The highest BCUT2D eigenvalue weighted by Crippen LogP contribution is 2.37. The third-order valence-corrected chi connectivity index (χ3v) is 27.0. The van der Waals surface area contributed by atoms with Crippen LogP contribution in [0.1, 0.15) is 143 Å². The minimum atomic E-state index is -4.93. The summed E-state index contributed by atoms with van der Waals surface area (Å²) in [5, 5.41) is 68.3. The molecule has 0 radical (unpaired) electrons. The number of primary sulfonamides is 1. The van der Waals surface area contributed by atoms with E-state index in [2.05, 4.69) is 10.3 Å². The second-order valence-corrected chi connectivity index (χ2v) is 40.5. The summed E-state index contributed by atoms with van der Waals surface area (Å²) in [4.78, 5) is 276. The fourth-order valence-corrected chi connectivity index (χ4v) is 17.4. The third kappa shape index (κ3) is 36.4. The number of benzene rings is 7. The maximum atomic E-state index is 16.0. The van der Waals surface area contributed by atoms with Gasteiger partial charge in [-0.3, -0.25) is 112 Å². The van der Waals surface area contributed by atoms with Crippen LogP contribution in [0.15, 0.2) is 182 Å². The van der Waals surface area contributed by atoms with E-state index in [1.54, 1.807) is 88.5 Å². The van der Waals surface area contributed by atoms with Crippen molar-refractivity contribution < 1.29 is 114 Å². The van der Waals surface area contributed by atoms with E-state index in [0.29, 0.717) is 33.2 Å². The summed E-state index contributed by atoms with van der Waals surface area (Å²) >= 11 is 0. The molecule has 7 aromatic carbocycles. The number of carbonyl (C=O) groups is 11. The van der Waals surface area contributed by atoms with Crippen LogP contribution in [0.5, 0.6) is 0 Å². The number of sulfonamides is 1. The first-order valence-corrected chi connectivity index (χ1v) is 51.3. The maximum absolute atomic E-state index is 16.0. The molecule has 0 aliphatic carbocycles. The van der Waals surface area contributed by atoms with Gasteiger partial charge < -0.3 is 84.6 Å². The molecule has 8 aromatic rings. The topological polar surface area (TPSA) is 665 Å². The maximum Gasteiger partial charge on any atom is 0.325 e. The Morgan fingerprint density at radius 1 is 0.372 bits per heavy atom. The molecule has 0 aliphatic rings. The number of carbonyl (C=O) groups excluding carboxylic acids is 11. The van der Waals surface area contributed by atoms with Crippen LogP contribution in [0.4, 0.5) is 28.4 Å². The number of non-ortho nitro benzene ring substituents is 5. The number of aromatic nitrogens is 1. The number of nitrogens with two attached hydrogens (primary N) is 2. The minimum Gasteiger partial charge on any atom is -0.368 e. The fourth-order valence-electron chi connectivity index (χ4n) is 15.8. The number of rotatable bonds is 58. The predicted molar refractivity (Wildman–Crippen MR) is 528 cm³/mol. The number of H-pyrrole nitrogens is 1. The molecule has 5 atom stereocenters. The third-order valence-electron chi connectivity index (χ3n) is 24.4.